The van der Waals surface area contributed by atoms with Gasteiger partial charge in [-0.2, -0.15) is 5.26 Å². The molecule has 3 heterocycles. The van der Waals surface area contributed by atoms with E-state index in [-0.39, 0.29) is 0 Å². The van der Waals surface area contributed by atoms with Gasteiger partial charge < -0.3 is 4.74 Å². The molecule has 9 heteroatoms. The van der Waals surface area contributed by atoms with Crippen LogP contribution >= 0.6 is 23.1 Å². The Kier molecular flexibility index (Phi) is 6.48. The monoisotopic (exact) mass is 498 g/mol. The fourth-order valence-electron chi connectivity index (χ4n) is 3.64. The number of ether oxygens (including phenoxy) is 1. The summed E-state index contributed by atoms with van der Waals surface area (Å²) in [6.07, 6.45) is 0. The summed E-state index contributed by atoms with van der Waals surface area (Å²) in [7, 11) is 1.61. The number of nitriles is 1. The van der Waals surface area contributed by atoms with Gasteiger partial charge in [0.1, 0.15) is 16.8 Å². The average Bonchev–Trinajstić information content (AvgIpc) is 3.59. The largest absolute Gasteiger partial charge is 0.497 e. The summed E-state index contributed by atoms with van der Waals surface area (Å²) in [6, 6.07) is 25.4. The Balaban J connectivity index is 1.68. The smallest absolute Gasteiger partial charge is 0.438 e. The number of rotatable bonds is 7. The number of thioether (sulfide) groups is 1. The molecule has 0 spiro atoms. The highest BCUT2D eigenvalue weighted by atomic mass is 32.2. The third-order valence-corrected chi connectivity index (χ3v) is 7.45. The molecule has 2 aromatic carbocycles. The summed E-state index contributed by atoms with van der Waals surface area (Å²) < 4.78 is 10.1. The molecule has 0 fully saturated rings. The summed E-state index contributed by atoms with van der Waals surface area (Å²) in [5.41, 5.74) is 3.72. The van der Waals surface area contributed by atoms with Crippen LogP contribution in [0.4, 0.5) is 0 Å². The molecule has 7 nitrogen and oxygen atoms in total. The average molecular weight is 499 g/mol. The second-order valence-corrected chi connectivity index (χ2v) is 9.48. The van der Waals surface area contributed by atoms with Crippen LogP contribution in [0.5, 0.6) is 5.75 Å². The zero-order valence-electron chi connectivity index (χ0n) is 18.5. The van der Waals surface area contributed by atoms with Crippen molar-refractivity contribution in [2.45, 2.75) is 10.3 Å². The van der Waals surface area contributed by atoms with Crippen LogP contribution in [-0.4, -0.2) is 22.2 Å². The number of benzene rings is 2. The molecule has 1 unspecified atom stereocenters. The maximum Gasteiger partial charge on any atom is 0.438 e. The number of hydrogen-bond donors (Lipinski definition) is 1. The van der Waals surface area contributed by atoms with Crippen LogP contribution in [-0.2, 0) is 0 Å². The van der Waals surface area contributed by atoms with Gasteiger partial charge in [0.2, 0.25) is 0 Å². The van der Waals surface area contributed by atoms with Crippen LogP contribution in [0.1, 0.15) is 22.2 Å². The second kappa shape index (κ2) is 10.0. The fraction of sp³-hybridized carbons (Fsp3) is 0.0769. The van der Waals surface area contributed by atoms with Crippen molar-refractivity contribution in [2.75, 3.05) is 7.11 Å². The summed E-state index contributed by atoms with van der Waals surface area (Å²) in [6.45, 7) is 0. The molecule has 35 heavy (non-hydrogen) atoms. The first kappa shape index (κ1) is 22.7. The van der Waals surface area contributed by atoms with Gasteiger partial charge in [-0.15, -0.1) is 11.3 Å². The quantitative estimate of drug-likeness (QED) is 0.278. The highest BCUT2D eigenvalue weighted by Gasteiger charge is 2.25. The highest BCUT2D eigenvalue weighted by Crippen LogP contribution is 2.43. The SMILES string of the molecule is COc1ccc(-c2cc(-c3cccs3)nc(SC(c3ccccc3)c3noc(=O)[nH]3)c2C#N)cc1. The number of H-pyrrole nitrogens is 1. The number of thiophene rings is 1. The molecule has 0 saturated carbocycles. The first-order valence-electron chi connectivity index (χ1n) is 10.6. The third kappa shape index (κ3) is 4.75. The van der Waals surface area contributed by atoms with Crippen molar-refractivity contribution >= 4 is 23.1 Å². The van der Waals surface area contributed by atoms with E-state index in [4.69, 9.17) is 14.2 Å². The van der Waals surface area contributed by atoms with Crippen molar-refractivity contribution in [3.8, 4) is 33.5 Å². The van der Waals surface area contributed by atoms with Gasteiger partial charge >= 0.3 is 5.76 Å². The Morgan fingerprint density at radius 2 is 1.91 bits per heavy atom. The van der Waals surface area contributed by atoms with Gasteiger partial charge in [-0.3, -0.25) is 9.51 Å². The molecule has 0 radical (unpaired) electrons. The van der Waals surface area contributed by atoms with E-state index in [0.717, 1.165) is 33.0 Å². The molecular formula is C26H18N4O3S2. The predicted octanol–water partition coefficient (Wildman–Crippen LogP) is 5.92. The van der Waals surface area contributed by atoms with E-state index in [1.807, 2.05) is 78.2 Å². The number of pyridine rings is 1. The standard InChI is InChI=1S/C26H18N4O3S2/c1-32-18-11-9-16(10-12-18)19-14-21(22-8-5-13-34-22)28-25(20(19)15-27)35-23(17-6-3-2-4-7-17)24-29-26(31)33-30-24/h2-14,23H,1H3,(H,29,30,31). The normalized spacial score (nSPS) is 11.7. The molecule has 0 aliphatic heterocycles. The van der Waals surface area contributed by atoms with Gasteiger partial charge in [0.25, 0.3) is 0 Å². The Morgan fingerprint density at radius 3 is 2.54 bits per heavy atom. The summed E-state index contributed by atoms with van der Waals surface area (Å²) >= 11 is 2.91. The zero-order chi connectivity index (χ0) is 24.2. The summed E-state index contributed by atoms with van der Waals surface area (Å²) in [4.78, 5) is 20.3. The van der Waals surface area contributed by atoms with Crippen molar-refractivity contribution in [1.82, 2.24) is 15.1 Å². The molecule has 0 aliphatic carbocycles. The molecule has 0 amide bonds. The van der Waals surface area contributed by atoms with Crippen molar-refractivity contribution in [1.29, 1.82) is 5.26 Å². The molecule has 1 N–H and O–H groups in total. The molecule has 172 valence electrons. The van der Waals surface area contributed by atoms with E-state index < -0.39 is 11.0 Å². The van der Waals surface area contributed by atoms with Crippen LogP contribution in [0.3, 0.4) is 0 Å². The Morgan fingerprint density at radius 1 is 1.11 bits per heavy atom. The first-order chi connectivity index (χ1) is 17.2. The highest BCUT2D eigenvalue weighted by molar-refractivity contribution is 7.99. The zero-order valence-corrected chi connectivity index (χ0v) is 20.1. The predicted molar refractivity (Wildman–Crippen MR) is 136 cm³/mol. The summed E-state index contributed by atoms with van der Waals surface area (Å²) in [5.74, 6) is 0.444. The van der Waals surface area contributed by atoms with Crippen molar-refractivity contribution in [3.05, 3.63) is 106 Å². The van der Waals surface area contributed by atoms with Crippen molar-refractivity contribution < 1.29 is 9.26 Å². The number of hydrogen-bond acceptors (Lipinski definition) is 8. The van der Waals surface area contributed by atoms with E-state index >= 15 is 0 Å². The van der Waals surface area contributed by atoms with E-state index in [2.05, 4.69) is 16.2 Å². The molecule has 0 aliphatic rings. The lowest BCUT2D eigenvalue weighted by Gasteiger charge is -2.17. The molecule has 1 atom stereocenters. The second-order valence-electron chi connectivity index (χ2n) is 7.44. The minimum absolute atomic E-state index is 0.351. The Labute approximate surface area is 209 Å². The Bertz CT molecular complexity index is 1540. The lowest BCUT2D eigenvalue weighted by Crippen LogP contribution is -2.04. The van der Waals surface area contributed by atoms with Gasteiger partial charge in [-0.1, -0.05) is 65.4 Å². The van der Waals surface area contributed by atoms with E-state index in [9.17, 15) is 10.1 Å². The molecule has 0 bridgehead atoms. The van der Waals surface area contributed by atoms with Crippen molar-refractivity contribution in [2.24, 2.45) is 0 Å². The molecular weight excluding hydrogens is 480 g/mol. The maximum absolute atomic E-state index is 11.7. The summed E-state index contributed by atoms with van der Waals surface area (Å²) in [5, 5.41) is 16.2. The molecule has 3 aromatic heterocycles. The fourth-order valence-corrected chi connectivity index (χ4v) is 5.48. The van der Waals surface area contributed by atoms with E-state index in [1.165, 1.54) is 11.8 Å². The number of aromatic nitrogens is 3. The topological polar surface area (TPSA) is 105 Å². The minimum atomic E-state index is -0.638. The number of nitrogens with zero attached hydrogens (tertiary/aromatic N) is 3. The van der Waals surface area contributed by atoms with Gasteiger partial charge in [-0.05, 0) is 40.8 Å². The Hall–Kier alpha value is -4.13. The van der Waals surface area contributed by atoms with Crippen LogP contribution in [0.15, 0.2) is 92.5 Å². The molecule has 5 rings (SSSR count). The van der Waals surface area contributed by atoms with Gasteiger partial charge in [0, 0.05) is 5.56 Å². The lowest BCUT2D eigenvalue weighted by atomic mass is 10.0. The van der Waals surface area contributed by atoms with Crippen molar-refractivity contribution in [3.63, 3.8) is 0 Å². The number of aromatic amines is 1. The first-order valence-corrected chi connectivity index (χ1v) is 12.3. The van der Waals surface area contributed by atoms with Gasteiger partial charge in [-0.25, -0.2) is 9.78 Å². The number of methoxy groups -OCH3 is 1. The lowest BCUT2D eigenvalue weighted by molar-refractivity contribution is 0.382. The van der Waals surface area contributed by atoms with Crippen LogP contribution in [0.2, 0.25) is 0 Å². The molecule has 0 saturated heterocycles. The van der Waals surface area contributed by atoms with Gasteiger partial charge in [0.15, 0.2) is 5.82 Å². The van der Waals surface area contributed by atoms with E-state index in [0.29, 0.717) is 16.4 Å². The minimum Gasteiger partial charge on any atom is -0.497 e. The molecule has 5 aromatic rings. The van der Waals surface area contributed by atoms with Gasteiger partial charge in [0.05, 0.1) is 28.5 Å². The van der Waals surface area contributed by atoms with Crippen LogP contribution < -0.4 is 10.5 Å². The maximum atomic E-state index is 11.7. The number of nitrogens with one attached hydrogen (secondary N) is 1. The van der Waals surface area contributed by atoms with E-state index in [1.54, 1.807) is 18.4 Å². The van der Waals surface area contributed by atoms with Crippen LogP contribution in [0, 0.1) is 11.3 Å². The third-order valence-electron chi connectivity index (χ3n) is 5.31. The van der Waals surface area contributed by atoms with Crippen LogP contribution in [0.25, 0.3) is 21.7 Å².